The van der Waals surface area contributed by atoms with Gasteiger partial charge in [0.1, 0.15) is 16.9 Å². The van der Waals surface area contributed by atoms with Gasteiger partial charge in [-0.05, 0) is 84.3 Å². The zero-order valence-corrected chi connectivity index (χ0v) is 27.9. The quantitative estimate of drug-likeness (QED) is 0.133. The molecule has 0 aliphatic carbocycles. The van der Waals surface area contributed by atoms with E-state index in [1.807, 2.05) is 0 Å². The monoisotopic (exact) mass is 546 g/mol. The van der Waals surface area contributed by atoms with Gasteiger partial charge in [0.25, 0.3) is 0 Å². The lowest BCUT2D eigenvalue weighted by Crippen LogP contribution is -2.43. The molecule has 39 heavy (non-hydrogen) atoms. The number of rotatable bonds is 5. The van der Waals surface area contributed by atoms with Gasteiger partial charge in [0.2, 0.25) is 0 Å². The standard InChI is InChI=1S/C37H46Si2/c1-25(2)38(26(3)4)21-19-30-11-13-32-15-18-35-34(36(32)23-30)17-16-33-14-12-31(24-37(33)35)20-22-39(27(5)6,28(7)8)29(9)10/h11-18,23-29,38H,1-10H3. The van der Waals surface area contributed by atoms with E-state index in [-0.39, 0.29) is 0 Å². The van der Waals surface area contributed by atoms with E-state index in [4.69, 9.17) is 0 Å². The number of hydrogen-bond acceptors (Lipinski definition) is 0. The van der Waals surface area contributed by atoms with Gasteiger partial charge in [-0.1, -0.05) is 117 Å². The van der Waals surface area contributed by atoms with Crippen molar-refractivity contribution in [3.8, 4) is 22.9 Å². The van der Waals surface area contributed by atoms with E-state index in [2.05, 4.69) is 153 Å². The molecule has 4 aromatic carbocycles. The van der Waals surface area contributed by atoms with E-state index in [0.29, 0.717) is 27.7 Å². The first-order chi connectivity index (χ1) is 18.5. The third-order valence-electron chi connectivity index (χ3n) is 8.95. The van der Waals surface area contributed by atoms with Crippen LogP contribution in [0.3, 0.4) is 0 Å². The van der Waals surface area contributed by atoms with Crippen LogP contribution in [-0.4, -0.2) is 16.9 Å². The minimum absolute atomic E-state index is 0.633. The highest BCUT2D eigenvalue weighted by Crippen LogP contribution is 2.41. The van der Waals surface area contributed by atoms with E-state index >= 15 is 0 Å². The summed E-state index contributed by atoms with van der Waals surface area (Å²) in [5.41, 5.74) is 13.2. The summed E-state index contributed by atoms with van der Waals surface area (Å²) in [6.45, 7) is 23.6. The second-order valence-electron chi connectivity index (χ2n) is 13.0. The first-order valence-corrected chi connectivity index (χ1v) is 19.0. The third-order valence-corrected chi connectivity index (χ3v) is 18.6. The van der Waals surface area contributed by atoms with Crippen LogP contribution in [0.25, 0.3) is 32.3 Å². The van der Waals surface area contributed by atoms with Crippen molar-refractivity contribution in [1.29, 1.82) is 0 Å². The molecular formula is C37H46Si2. The van der Waals surface area contributed by atoms with Crippen LogP contribution >= 0.6 is 0 Å². The van der Waals surface area contributed by atoms with E-state index in [1.165, 1.54) is 32.3 Å². The molecule has 0 aromatic heterocycles. The van der Waals surface area contributed by atoms with Gasteiger partial charge in [0.15, 0.2) is 0 Å². The average Bonchev–Trinajstić information content (AvgIpc) is 2.87. The number of hydrogen-bond donors (Lipinski definition) is 0. The van der Waals surface area contributed by atoms with E-state index < -0.39 is 16.9 Å². The lowest BCUT2D eigenvalue weighted by Gasteiger charge is -2.38. The van der Waals surface area contributed by atoms with Gasteiger partial charge in [-0.25, -0.2) is 0 Å². The molecule has 0 heterocycles. The topological polar surface area (TPSA) is 0 Å². The van der Waals surface area contributed by atoms with Gasteiger partial charge in [0, 0.05) is 11.1 Å². The summed E-state index contributed by atoms with van der Waals surface area (Å²) >= 11 is 0. The highest BCUT2D eigenvalue weighted by molar-refractivity contribution is 6.90. The van der Waals surface area contributed by atoms with Crippen molar-refractivity contribution in [3.05, 3.63) is 71.8 Å². The van der Waals surface area contributed by atoms with Gasteiger partial charge in [-0.15, -0.1) is 11.1 Å². The van der Waals surface area contributed by atoms with Gasteiger partial charge in [-0.3, -0.25) is 0 Å². The fourth-order valence-electron chi connectivity index (χ4n) is 6.90. The summed E-state index contributed by atoms with van der Waals surface area (Å²) in [6.07, 6.45) is 0. The molecule has 0 aliphatic heterocycles. The third kappa shape index (κ3) is 5.75. The second kappa shape index (κ2) is 11.8. The molecule has 202 valence electrons. The molecule has 4 rings (SSSR count). The van der Waals surface area contributed by atoms with Crippen LogP contribution in [0.5, 0.6) is 0 Å². The van der Waals surface area contributed by atoms with Crippen molar-refractivity contribution in [3.63, 3.8) is 0 Å². The van der Waals surface area contributed by atoms with Crippen LogP contribution in [-0.2, 0) is 0 Å². The zero-order valence-electron chi connectivity index (χ0n) is 25.7. The largest absolute Gasteiger partial charge is 0.146 e. The van der Waals surface area contributed by atoms with Crippen molar-refractivity contribution in [2.45, 2.75) is 96.9 Å². The Kier molecular flexibility index (Phi) is 8.80. The Morgan fingerprint density at radius 2 is 0.923 bits per heavy atom. The molecule has 0 saturated carbocycles. The molecule has 0 amide bonds. The van der Waals surface area contributed by atoms with Crippen LogP contribution in [0.1, 0.15) is 80.4 Å². The maximum absolute atomic E-state index is 3.91. The van der Waals surface area contributed by atoms with Crippen LogP contribution in [0.15, 0.2) is 60.7 Å². The Hall–Kier alpha value is -2.79. The van der Waals surface area contributed by atoms with Crippen molar-refractivity contribution in [2.75, 3.05) is 0 Å². The smallest absolute Gasteiger partial charge is 0.130 e. The summed E-state index contributed by atoms with van der Waals surface area (Å²) in [5.74, 6) is 7.24. The Bertz CT molecular complexity index is 1580. The Labute approximate surface area is 240 Å². The number of fused-ring (bicyclic) bond motifs is 5. The van der Waals surface area contributed by atoms with Gasteiger partial charge >= 0.3 is 0 Å². The maximum atomic E-state index is 3.91. The van der Waals surface area contributed by atoms with E-state index in [0.717, 1.165) is 11.1 Å². The molecule has 2 heteroatoms. The van der Waals surface area contributed by atoms with Crippen LogP contribution in [0.2, 0.25) is 27.7 Å². The Morgan fingerprint density at radius 3 is 1.33 bits per heavy atom. The Morgan fingerprint density at radius 1 is 0.513 bits per heavy atom. The van der Waals surface area contributed by atoms with Crippen LogP contribution in [0.4, 0.5) is 0 Å². The molecule has 0 bridgehead atoms. The molecule has 0 atom stereocenters. The van der Waals surface area contributed by atoms with Crippen molar-refractivity contribution in [2.24, 2.45) is 0 Å². The summed E-state index contributed by atoms with van der Waals surface area (Å²) in [5, 5.41) is 7.71. The lowest BCUT2D eigenvalue weighted by atomic mass is 9.95. The van der Waals surface area contributed by atoms with Gasteiger partial charge in [0.05, 0.1) is 0 Å². The first kappa shape index (κ1) is 29.2. The molecular weight excluding hydrogens is 501 g/mol. The molecule has 0 aliphatic rings. The SMILES string of the molecule is CC(C)[SiH](C#Cc1ccc2ccc3c4cc(C#C[Si](C(C)C)(C(C)C)C(C)C)ccc4ccc3c2c1)C(C)C. The lowest BCUT2D eigenvalue weighted by molar-refractivity contribution is 0.838. The minimum atomic E-state index is -1.78. The second-order valence-corrected chi connectivity index (χ2v) is 22.6. The van der Waals surface area contributed by atoms with Crippen LogP contribution in [0, 0.1) is 22.9 Å². The van der Waals surface area contributed by atoms with Crippen LogP contribution < -0.4 is 0 Å². The summed E-state index contributed by atoms with van der Waals surface area (Å²) in [6, 6.07) is 22.6. The molecule has 0 nitrogen and oxygen atoms in total. The summed E-state index contributed by atoms with van der Waals surface area (Å²) < 4.78 is 0. The predicted molar refractivity (Wildman–Crippen MR) is 181 cm³/mol. The number of benzene rings is 4. The van der Waals surface area contributed by atoms with Gasteiger partial charge in [-0.2, -0.15) is 0 Å². The fraction of sp³-hybridized carbons (Fsp3) is 0.405. The van der Waals surface area contributed by atoms with E-state index in [1.54, 1.807) is 0 Å². The predicted octanol–water partition coefficient (Wildman–Crippen LogP) is 10.7. The zero-order chi connectivity index (χ0) is 28.5. The molecule has 0 saturated heterocycles. The van der Waals surface area contributed by atoms with Crippen molar-refractivity contribution < 1.29 is 0 Å². The molecule has 0 spiro atoms. The van der Waals surface area contributed by atoms with E-state index in [9.17, 15) is 0 Å². The highest BCUT2D eigenvalue weighted by Gasteiger charge is 2.41. The minimum Gasteiger partial charge on any atom is -0.130 e. The first-order valence-electron chi connectivity index (χ1n) is 14.9. The summed E-state index contributed by atoms with van der Waals surface area (Å²) in [7, 11) is -2.89. The normalized spacial score (nSPS) is 12.3. The molecule has 0 fully saturated rings. The molecule has 4 aromatic rings. The maximum Gasteiger partial charge on any atom is 0.146 e. The average molecular weight is 547 g/mol. The molecule has 0 N–H and O–H groups in total. The highest BCUT2D eigenvalue weighted by atomic mass is 28.3. The van der Waals surface area contributed by atoms with Gasteiger partial charge < -0.3 is 0 Å². The summed E-state index contributed by atoms with van der Waals surface area (Å²) in [4.78, 5) is 0. The fourth-order valence-corrected chi connectivity index (χ4v) is 14.7. The van der Waals surface area contributed by atoms with Crippen molar-refractivity contribution >= 4 is 49.2 Å². The van der Waals surface area contributed by atoms with Crippen molar-refractivity contribution in [1.82, 2.24) is 0 Å². The Balaban J connectivity index is 1.85. The molecule has 0 unspecified atom stereocenters. The molecule has 0 radical (unpaired) electrons.